The number of halogens is 2. The summed E-state index contributed by atoms with van der Waals surface area (Å²) in [6, 6.07) is 3.51. The highest BCUT2D eigenvalue weighted by Gasteiger charge is 2.29. The maximum Gasteiger partial charge on any atom is 0.310 e. The van der Waals surface area contributed by atoms with E-state index in [1.54, 1.807) is 0 Å². The molecule has 1 heterocycles. The molecule has 0 aliphatic carbocycles. The average Bonchev–Trinajstić information content (AvgIpc) is 2.50. The Hall–Kier alpha value is -1.98. The Morgan fingerprint density at radius 3 is 2.62 bits per heavy atom. The van der Waals surface area contributed by atoms with Crippen molar-refractivity contribution in [3.63, 3.8) is 0 Å². The van der Waals surface area contributed by atoms with Gasteiger partial charge in [-0.25, -0.2) is 8.78 Å². The van der Waals surface area contributed by atoms with Crippen LogP contribution in [0.1, 0.15) is 18.4 Å². The van der Waals surface area contributed by atoms with Gasteiger partial charge in [0.15, 0.2) is 0 Å². The predicted octanol–water partition coefficient (Wildman–Crippen LogP) is 1.92. The van der Waals surface area contributed by atoms with Crippen LogP contribution in [0, 0.1) is 17.6 Å². The molecule has 114 valence electrons. The molecule has 2 rings (SSSR count). The van der Waals surface area contributed by atoms with Crippen LogP contribution in [0.2, 0.25) is 0 Å². The molecule has 1 aromatic carbocycles. The van der Waals surface area contributed by atoms with Gasteiger partial charge in [-0.1, -0.05) is 6.07 Å². The molecule has 0 radical (unpaired) electrons. The summed E-state index contributed by atoms with van der Waals surface area (Å²) >= 11 is 0. The first-order valence-electron chi connectivity index (χ1n) is 6.81. The van der Waals surface area contributed by atoms with Crippen LogP contribution in [-0.4, -0.2) is 37.0 Å². The monoisotopic (exact) mass is 297 g/mol. The third-order valence-corrected chi connectivity index (χ3v) is 3.70. The summed E-state index contributed by atoms with van der Waals surface area (Å²) in [6.07, 6.45) is 0.988. The number of carbonyl (C=O) groups excluding carboxylic acids is 2. The number of likely N-dealkylation sites (tertiary alicyclic amines) is 1. The predicted molar refractivity (Wildman–Crippen MR) is 71.4 cm³/mol. The molecule has 0 spiro atoms. The normalized spacial score (nSPS) is 18.4. The number of methoxy groups -OCH3 is 1. The van der Waals surface area contributed by atoms with Gasteiger partial charge in [0.2, 0.25) is 5.91 Å². The molecule has 1 amide bonds. The van der Waals surface area contributed by atoms with Gasteiger partial charge in [-0.15, -0.1) is 0 Å². The average molecular weight is 297 g/mol. The van der Waals surface area contributed by atoms with Gasteiger partial charge in [0.25, 0.3) is 0 Å². The lowest BCUT2D eigenvalue weighted by Gasteiger charge is -2.31. The van der Waals surface area contributed by atoms with E-state index in [-0.39, 0.29) is 36.3 Å². The molecule has 0 bridgehead atoms. The summed E-state index contributed by atoms with van der Waals surface area (Å²) in [4.78, 5) is 25.2. The number of amides is 1. The second-order valence-electron chi connectivity index (χ2n) is 5.08. The van der Waals surface area contributed by atoms with E-state index < -0.39 is 11.6 Å². The van der Waals surface area contributed by atoms with Crippen LogP contribution in [0.3, 0.4) is 0 Å². The maximum atomic E-state index is 13.6. The van der Waals surface area contributed by atoms with Crippen molar-refractivity contribution >= 4 is 11.9 Å². The second kappa shape index (κ2) is 6.65. The molecule has 1 aliphatic heterocycles. The number of hydrogen-bond acceptors (Lipinski definition) is 3. The van der Waals surface area contributed by atoms with Gasteiger partial charge in [0.1, 0.15) is 11.6 Å². The lowest BCUT2D eigenvalue weighted by molar-refractivity contribution is -0.148. The molecule has 1 saturated heterocycles. The summed E-state index contributed by atoms with van der Waals surface area (Å²) in [7, 11) is 1.30. The third kappa shape index (κ3) is 3.56. The Morgan fingerprint density at radius 2 is 2.00 bits per heavy atom. The highest BCUT2D eigenvalue weighted by Crippen LogP contribution is 2.20. The van der Waals surface area contributed by atoms with Gasteiger partial charge in [-0.2, -0.15) is 0 Å². The Balaban J connectivity index is 2.05. The molecule has 1 atom stereocenters. The van der Waals surface area contributed by atoms with Gasteiger partial charge < -0.3 is 9.64 Å². The van der Waals surface area contributed by atoms with Gasteiger partial charge in [-0.3, -0.25) is 9.59 Å². The number of carbonyl (C=O) groups is 2. The van der Waals surface area contributed by atoms with Crippen LogP contribution < -0.4 is 0 Å². The fraction of sp³-hybridized carbons (Fsp3) is 0.467. The van der Waals surface area contributed by atoms with Crippen molar-refractivity contribution in [1.29, 1.82) is 0 Å². The van der Waals surface area contributed by atoms with E-state index >= 15 is 0 Å². The largest absolute Gasteiger partial charge is 0.469 e. The Bertz CT molecular complexity index is 527. The van der Waals surface area contributed by atoms with Gasteiger partial charge in [0, 0.05) is 18.7 Å². The summed E-state index contributed by atoms with van der Waals surface area (Å²) in [5.41, 5.74) is -0.234. The summed E-state index contributed by atoms with van der Waals surface area (Å²) in [5.74, 6) is -2.56. The van der Waals surface area contributed by atoms with Gasteiger partial charge in [0.05, 0.1) is 19.4 Å². The maximum absolute atomic E-state index is 13.6. The first kappa shape index (κ1) is 15.4. The van der Waals surface area contributed by atoms with Crippen molar-refractivity contribution in [3.8, 4) is 0 Å². The summed E-state index contributed by atoms with van der Waals surface area (Å²) < 4.78 is 31.8. The number of esters is 1. The summed E-state index contributed by atoms with van der Waals surface area (Å²) in [6.45, 7) is 0.726. The Kier molecular flexibility index (Phi) is 4.88. The van der Waals surface area contributed by atoms with Crippen LogP contribution in [0.15, 0.2) is 18.2 Å². The van der Waals surface area contributed by atoms with E-state index in [1.165, 1.54) is 18.1 Å². The van der Waals surface area contributed by atoms with Crippen molar-refractivity contribution in [2.24, 2.45) is 5.92 Å². The second-order valence-corrected chi connectivity index (χ2v) is 5.08. The van der Waals surface area contributed by atoms with Crippen molar-refractivity contribution < 1.29 is 23.1 Å². The molecule has 21 heavy (non-hydrogen) atoms. The zero-order valence-electron chi connectivity index (χ0n) is 11.8. The molecular weight excluding hydrogens is 280 g/mol. The minimum absolute atomic E-state index is 0.234. The zero-order valence-corrected chi connectivity index (χ0v) is 11.8. The van der Waals surface area contributed by atoms with Gasteiger partial charge in [-0.05, 0) is 25.0 Å². The number of nitrogens with zero attached hydrogens (tertiary/aromatic N) is 1. The van der Waals surface area contributed by atoms with E-state index in [9.17, 15) is 18.4 Å². The van der Waals surface area contributed by atoms with E-state index in [0.29, 0.717) is 19.4 Å². The molecule has 1 aromatic rings. The molecule has 4 nitrogen and oxygen atoms in total. The lowest BCUT2D eigenvalue weighted by Crippen LogP contribution is -2.43. The van der Waals surface area contributed by atoms with Crippen molar-refractivity contribution in [1.82, 2.24) is 4.90 Å². The lowest BCUT2D eigenvalue weighted by atomic mass is 9.97. The number of piperidine rings is 1. The topological polar surface area (TPSA) is 46.6 Å². The summed E-state index contributed by atoms with van der Waals surface area (Å²) in [5, 5.41) is 0. The molecule has 6 heteroatoms. The highest BCUT2D eigenvalue weighted by molar-refractivity contribution is 5.80. The molecule has 0 N–H and O–H groups in total. The van der Waals surface area contributed by atoms with Crippen LogP contribution in [0.25, 0.3) is 0 Å². The van der Waals surface area contributed by atoms with Crippen LogP contribution in [0.5, 0.6) is 0 Å². The van der Waals surface area contributed by atoms with E-state index in [4.69, 9.17) is 0 Å². The molecule has 0 unspecified atom stereocenters. The quantitative estimate of drug-likeness (QED) is 0.801. The number of ether oxygens (including phenoxy) is 1. The number of benzene rings is 1. The van der Waals surface area contributed by atoms with Crippen LogP contribution in [-0.2, 0) is 20.7 Å². The van der Waals surface area contributed by atoms with Crippen LogP contribution in [0.4, 0.5) is 8.78 Å². The van der Waals surface area contributed by atoms with Crippen molar-refractivity contribution in [2.75, 3.05) is 20.2 Å². The molecule has 1 aliphatic rings. The Morgan fingerprint density at radius 1 is 1.33 bits per heavy atom. The fourth-order valence-corrected chi connectivity index (χ4v) is 2.53. The first-order chi connectivity index (χ1) is 10.0. The van der Waals surface area contributed by atoms with Gasteiger partial charge >= 0.3 is 5.97 Å². The zero-order chi connectivity index (χ0) is 15.4. The van der Waals surface area contributed by atoms with E-state index in [2.05, 4.69) is 4.74 Å². The smallest absolute Gasteiger partial charge is 0.310 e. The molecule has 1 fully saturated rings. The molecular formula is C15H17F2NO3. The Labute approximate surface area is 121 Å². The minimum Gasteiger partial charge on any atom is -0.469 e. The van der Waals surface area contributed by atoms with Crippen molar-refractivity contribution in [2.45, 2.75) is 19.3 Å². The van der Waals surface area contributed by atoms with Crippen molar-refractivity contribution in [3.05, 3.63) is 35.4 Å². The number of rotatable bonds is 3. The van der Waals surface area contributed by atoms with E-state index in [0.717, 1.165) is 12.1 Å². The first-order valence-corrected chi connectivity index (χ1v) is 6.81. The standard InChI is InChI=1S/C15H17F2NO3/c1-21-15(20)10-4-3-7-18(9-10)14(19)8-11-12(16)5-2-6-13(11)17/h2,5-6,10H,3-4,7-9H2,1H3/t10-/m0/s1. The van der Waals surface area contributed by atoms with Crippen LogP contribution >= 0.6 is 0 Å². The molecule has 0 saturated carbocycles. The SMILES string of the molecule is COC(=O)[C@H]1CCCN(C(=O)Cc2c(F)cccc2F)C1. The highest BCUT2D eigenvalue weighted by atomic mass is 19.1. The number of hydrogen-bond donors (Lipinski definition) is 0. The fourth-order valence-electron chi connectivity index (χ4n) is 2.53. The minimum atomic E-state index is -0.732. The third-order valence-electron chi connectivity index (χ3n) is 3.70. The molecule has 0 aromatic heterocycles. The van der Waals surface area contributed by atoms with E-state index in [1.807, 2.05) is 0 Å².